The Labute approximate surface area is 94.3 Å². The lowest BCUT2D eigenvalue weighted by atomic mass is 9.92. The molecule has 2 N–H and O–H groups in total. The molecule has 0 aromatic heterocycles. The molecule has 0 saturated heterocycles. The Kier molecular flexibility index (Phi) is 3.86. The Bertz CT molecular complexity index is 364. The van der Waals surface area contributed by atoms with Gasteiger partial charge in [-0.15, -0.1) is 0 Å². The van der Waals surface area contributed by atoms with Gasteiger partial charge >= 0.3 is 0 Å². The highest BCUT2D eigenvalue weighted by atomic mass is 19.2. The summed E-state index contributed by atoms with van der Waals surface area (Å²) >= 11 is 0. The van der Waals surface area contributed by atoms with Crippen molar-refractivity contribution in [2.45, 2.75) is 26.4 Å². The quantitative estimate of drug-likeness (QED) is 0.832. The normalized spacial score (nSPS) is 14.9. The number of halogens is 2. The van der Waals surface area contributed by atoms with Crippen LogP contribution in [0.1, 0.15) is 20.8 Å². The van der Waals surface area contributed by atoms with Gasteiger partial charge in [0.1, 0.15) is 0 Å². The molecule has 2 nitrogen and oxygen atoms in total. The molecule has 16 heavy (non-hydrogen) atoms. The minimum absolute atomic E-state index is 0.0246. The Morgan fingerprint density at radius 3 is 2.56 bits per heavy atom. The predicted octanol–water partition coefficient (Wildman–Crippen LogP) is 2.78. The van der Waals surface area contributed by atoms with E-state index in [2.05, 4.69) is 5.32 Å². The molecule has 0 radical (unpaired) electrons. The standard InChI is InChI=1S/C12H17F2NO/c1-8(2)12(3,16)7-15-10-6-4-5-9(13)11(10)14/h4-6,8,15-16H,7H2,1-3H3. The highest BCUT2D eigenvalue weighted by Gasteiger charge is 2.24. The molecule has 0 spiro atoms. The molecule has 0 aliphatic rings. The van der Waals surface area contributed by atoms with Crippen molar-refractivity contribution in [1.82, 2.24) is 0 Å². The van der Waals surface area contributed by atoms with E-state index < -0.39 is 17.2 Å². The summed E-state index contributed by atoms with van der Waals surface area (Å²) in [4.78, 5) is 0. The van der Waals surface area contributed by atoms with Gasteiger partial charge in [0, 0.05) is 6.54 Å². The summed E-state index contributed by atoms with van der Waals surface area (Å²) in [6.45, 7) is 5.56. The minimum Gasteiger partial charge on any atom is -0.388 e. The lowest BCUT2D eigenvalue weighted by molar-refractivity contribution is 0.0266. The molecular weight excluding hydrogens is 212 g/mol. The summed E-state index contributed by atoms with van der Waals surface area (Å²) in [5.41, 5.74) is -0.889. The first-order valence-electron chi connectivity index (χ1n) is 5.25. The fourth-order valence-corrected chi connectivity index (χ4v) is 1.12. The smallest absolute Gasteiger partial charge is 0.181 e. The van der Waals surface area contributed by atoms with Gasteiger partial charge in [-0.2, -0.15) is 0 Å². The third kappa shape index (κ3) is 2.92. The lowest BCUT2D eigenvalue weighted by Crippen LogP contribution is -2.38. The second-order valence-electron chi connectivity index (χ2n) is 4.47. The molecule has 0 heterocycles. The predicted molar refractivity (Wildman–Crippen MR) is 60.3 cm³/mol. The van der Waals surface area contributed by atoms with Gasteiger partial charge in [0.15, 0.2) is 11.6 Å². The average molecular weight is 229 g/mol. The van der Waals surface area contributed by atoms with Gasteiger partial charge in [0.25, 0.3) is 0 Å². The van der Waals surface area contributed by atoms with Crippen LogP contribution in [0.5, 0.6) is 0 Å². The molecule has 0 fully saturated rings. The highest BCUT2D eigenvalue weighted by molar-refractivity contribution is 5.45. The van der Waals surface area contributed by atoms with Crippen molar-refractivity contribution in [3.63, 3.8) is 0 Å². The third-order valence-corrected chi connectivity index (χ3v) is 2.83. The summed E-state index contributed by atoms with van der Waals surface area (Å²) in [5.74, 6) is -1.78. The Morgan fingerprint density at radius 1 is 1.38 bits per heavy atom. The zero-order valence-corrected chi connectivity index (χ0v) is 9.72. The van der Waals surface area contributed by atoms with Gasteiger partial charge in [0.2, 0.25) is 0 Å². The third-order valence-electron chi connectivity index (χ3n) is 2.83. The molecule has 0 amide bonds. The molecule has 4 heteroatoms. The van der Waals surface area contributed by atoms with Gasteiger partial charge in [-0.1, -0.05) is 19.9 Å². The van der Waals surface area contributed by atoms with Gasteiger partial charge in [-0.3, -0.25) is 0 Å². The van der Waals surface area contributed by atoms with E-state index in [0.29, 0.717) is 0 Å². The molecule has 1 unspecified atom stereocenters. The zero-order chi connectivity index (χ0) is 12.3. The summed E-state index contributed by atoms with van der Waals surface area (Å²) in [7, 11) is 0. The second-order valence-corrected chi connectivity index (χ2v) is 4.47. The molecule has 1 rings (SSSR count). The maximum absolute atomic E-state index is 13.3. The number of hydrogen-bond donors (Lipinski definition) is 2. The van der Waals surface area contributed by atoms with E-state index in [4.69, 9.17) is 0 Å². The Morgan fingerprint density at radius 2 is 2.00 bits per heavy atom. The summed E-state index contributed by atoms with van der Waals surface area (Å²) < 4.78 is 26.1. The van der Waals surface area contributed by atoms with E-state index in [1.807, 2.05) is 13.8 Å². The zero-order valence-electron chi connectivity index (χ0n) is 9.72. The molecule has 90 valence electrons. The van der Waals surface area contributed by atoms with Crippen LogP contribution in [0.25, 0.3) is 0 Å². The van der Waals surface area contributed by atoms with Crippen LogP contribution < -0.4 is 5.32 Å². The first-order chi connectivity index (χ1) is 7.34. The first kappa shape index (κ1) is 12.9. The van der Waals surface area contributed by atoms with Crippen molar-refractivity contribution >= 4 is 5.69 Å². The Hall–Kier alpha value is -1.16. The number of rotatable bonds is 4. The average Bonchev–Trinajstić information content (AvgIpc) is 2.20. The van der Waals surface area contributed by atoms with Crippen LogP contribution in [-0.4, -0.2) is 17.3 Å². The minimum atomic E-state index is -0.960. The molecule has 0 bridgehead atoms. The molecular formula is C12H17F2NO. The molecule has 0 saturated carbocycles. The van der Waals surface area contributed by atoms with Gasteiger partial charge in [-0.05, 0) is 25.0 Å². The van der Waals surface area contributed by atoms with E-state index in [1.165, 1.54) is 12.1 Å². The van der Waals surface area contributed by atoms with Crippen LogP contribution in [0.3, 0.4) is 0 Å². The summed E-state index contributed by atoms with van der Waals surface area (Å²) in [6.07, 6.45) is 0. The largest absolute Gasteiger partial charge is 0.388 e. The van der Waals surface area contributed by atoms with E-state index >= 15 is 0 Å². The lowest BCUT2D eigenvalue weighted by Gasteiger charge is -2.28. The number of aliphatic hydroxyl groups is 1. The molecule has 0 aliphatic heterocycles. The molecule has 1 aromatic carbocycles. The number of nitrogens with one attached hydrogen (secondary N) is 1. The van der Waals surface area contributed by atoms with Crippen molar-refractivity contribution in [2.75, 3.05) is 11.9 Å². The van der Waals surface area contributed by atoms with Crippen molar-refractivity contribution in [3.05, 3.63) is 29.8 Å². The van der Waals surface area contributed by atoms with Gasteiger partial charge in [0.05, 0.1) is 11.3 Å². The van der Waals surface area contributed by atoms with Crippen LogP contribution in [0, 0.1) is 17.6 Å². The number of benzene rings is 1. The maximum Gasteiger partial charge on any atom is 0.181 e. The van der Waals surface area contributed by atoms with E-state index in [0.717, 1.165) is 6.07 Å². The van der Waals surface area contributed by atoms with Crippen molar-refractivity contribution in [3.8, 4) is 0 Å². The number of hydrogen-bond acceptors (Lipinski definition) is 2. The van der Waals surface area contributed by atoms with Crippen LogP contribution in [0.2, 0.25) is 0 Å². The summed E-state index contributed by atoms with van der Waals surface area (Å²) in [6, 6.07) is 3.92. The van der Waals surface area contributed by atoms with Crippen LogP contribution in [0.4, 0.5) is 14.5 Å². The van der Waals surface area contributed by atoms with Crippen LogP contribution in [-0.2, 0) is 0 Å². The molecule has 1 atom stereocenters. The van der Waals surface area contributed by atoms with Crippen LogP contribution in [0.15, 0.2) is 18.2 Å². The Balaban J connectivity index is 2.72. The van der Waals surface area contributed by atoms with E-state index in [9.17, 15) is 13.9 Å². The first-order valence-corrected chi connectivity index (χ1v) is 5.25. The fraction of sp³-hybridized carbons (Fsp3) is 0.500. The number of anilines is 1. The van der Waals surface area contributed by atoms with Gasteiger partial charge in [-0.25, -0.2) is 8.78 Å². The van der Waals surface area contributed by atoms with Crippen molar-refractivity contribution in [1.29, 1.82) is 0 Å². The monoisotopic (exact) mass is 229 g/mol. The second kappa shape index (κ2) is 4.78. The van der Waals surface area contributed by atoms with E-state index in [-0.39, 0.29) is 18.2 Å². The molecule has 1 aromatic rings. The van der Waals surface area contributed by atoms with Gasteiger partial charge < -0.3 is 10.4 Å². The highest BCUT2D eigenvalue weighted by Crippen LogP contribution is 2.20. The van der Waals surface area contributed by atoms with Crippen molar-refractivity contribution < 1.29 is 13.9 Å². The van der Waals surface area contributed by atoms with Crippen LogP contribution >= 0.6 is 0 Å². The maximum atomic E-state index is 13.3. The molecule has 0 aliphatic carbocycles. The SMILES string of the molecule is CC(C)C(C)(O)CNc1cccc(F)c1F. The summed E-state index contributed by atoms with van der Waals surface area (Å²) in [5, 5.41) is 12.6. The van der Waals surface area contributed by atoms with Crippen molar-refractivity contribution in [2.24, 2.45) is 5.92 Å². The van der Waals surface area contributed by atoms with E-state index in [1.54, 1.807) is 6.92 Å². The topological polar surface area (TPSA) is 32.3 Å². The fourth-order valence-electron chi connectivity index (χ4n) is 1.12.